The van der Waals surface area contributed by atoms with Crippen LogP contribution >= 0.6 is 0 Å². The second-order valence-corrected chi connectivity index (χ2v) is 5.48. The van der Waals surface area contributed by atoms with Crippen molar-refractivity contribution in [1.82, 2.24) is 4.90 Å². The number of carbonyl (C=O) groups is 2. The molecule has 2 aliphatic heterocycles. The lowest BCUT2D eigenvalue weighted by Crippen LogP contribution is -2.50. The zero-order chi connectivity index (χ0) is 13.5. The van der Waals surface area contributed by atoms with Gasteiger partial charge in [-0.25, -0.2) is 0 Å². The Morgan fingerprint density at radius 2 is 2.11 bits per heavy atom. The number of hydrogen-bond donors (Lipinski definition) is 1. The second-order valence-electron chi connectivity index (χ2n) is 5.48. The first kappa shape index (κ1) is 13.3. The smallest absolute Gasteiger partial charge is 0.308 e. The van der Waals surface area contributed by atoms with Crippen LogP contribution in [-0.2, 0) is 14.3 Å². The molecule has 2 aliphatic rings. The van der Waals surface area contributed by atoms with Gasteiger partial charge in [-0.05, 0) is 32.6 Å². The third-order valence-electron chi connectivity index (χ3n) is 4.67. The fourth-order valence-electron chi connectivity index (χ4n) is 3.23. The summed E-state index contributed by atoms with van der Waals surface area (Å²) in [5.41, 5.74) is -0.825. The predicted molar refractivity (Wildman–Crippen MR) is 65.1 cm³/mol. The summed E-state index contributed by atoms with van der Waals surface area (Å²) in [6.45, 7) is 3.69. The number of carboxylic acid groups (broad SMARTS) is 1. The SMILES string of the molecule is CCC(C)(OC)C(=O)N1C2CCC1C(C(=O)O)C2. The molecule has 4 unspecified atom stereocenters. The summed E-state index contributed by atoms with van der Waals surface area (Å²) in [7, 11) is 1.54. The molecule has 0 aromatic heterocycles. The van der Waals surface area contributed by atoms with E-state index in [9.17, 15) is 14.7 Å². The zero-order valence-corrected chi connectivity index (χ0v) is 11.2. The number of rotatable bonds is 4. The van der Waals surface area contributed by atoms with Gasteiger partial charge in [0, 0.05) is 19.2 Å². The summed E-state index contributed by atoms with van der Waals surface area (Å²) in [4.78, 5) is 25.5. The van der Waals surface area contributed by atoms with E-state index in [-0.39, 0.29) is 18.0 Å². The van der Waals surface area contributed by atoms with Crippen LogP contribution in [0.2, 0.25) is 0 Å². The first-order valence-corrected chi connectivity index (χ1v) is 6.55. The molecule has 5 nitrogen and oxygen atoms in total. The summed E-state index contributed by atoms with van der Waals surface area (Å²) in [6.07, 6.45) is 2.91. The lowest BCUT2D eigenvalue weighted by atomic mass is 9.89. The average molecular weight is 255 g/mol. The Kier molecular flexibility index (Phi) is 3.36. The van der Waals surface area contributed by atoms with E-state index in [0.717, 1.165) is 12.8 Å². The Hall–Kier alpha value is -1.10. The molecule has 1 N–H and O–H groups in total. The minimum atomic E-state index is -0.825. The van der Waals surface area contributed by atoms with Gasteiger partial charge < -0.3 is 14.7 Å². The average Bonchev–Trinajstić information content (AvgIpc) is 2.94. The minimum absolute atomic E-state index is 0.0521. The van der Waals surface area contributed by atoms with Gasteiger partial charge in [0.25, 0.3) is 5.91 Å². The standard InChI is InChI=1S/C13H21NO4/c1-4-13(2,18-3)12(17)14-8-5-6-10(14)9(7-8)11(15)16/h8-10H,4-7H2,1-3H3,(H,15,16). The third-order valence-corrected chi connectivity index (χ3v) is 4.67. The maximum absolute atomic E-state index is 12.6. The number of fused-ring (bicyclic) bond motifs is 2. The van der Waals surface area contributed by atoms with Gasteiger partial charge in [-0.2, -0.15) is 0 Å². The highest BCUT2D eigenvalue weighted by Gasteiger charge is 2.54. The van der Waals surface area contributed by atoms with Crippen molar-refractivity contribution < 1.29 is 19.4 Å². The lowest BCUT2D eigenvalue weighted by molar-refractivity contribution is -0.155. The fourth-order valence-corrected chi connectivity index (χ4v) is 3.23. The molecule has 2 rings (SSSR count). The van der Waals surface area contributed by atoms with Crippen molar-refractivity contribution in [2.75, 3.05) is 7.11 Å². The van der Waals surface area contributed by atoms with Crippen LogP contribution in [0.4, 0.5) is 0 Å². The quantitative estimate of drug-likeness (QED) is 0.821. The monoisotopic (exact) mass is 255 g/mol. The molecule has 0 aromatic rings. The number of nitrogens with zero attached hydrogens (tertiary/aromatic N) is 1. The van der Waals surface area contributed by atoms with Crippen molar-refractivity contribution in [1.29, 1.82) is 0 Å². The number of ether oxygens (including phenoxy) is 1. The summed E-state index contributed by atoms with van der Waals surface area (Å²) in [6, 6.07) is -0.0503. The van der Waals surface area contributed by atoms with Gasteiger partial charge in [0.05, 0.1) is 5.92 Å². The van der Waals surface area contributed by atoms with Crippen LogP contribution in [0.3, 0.4) is 0 Å². The van der Waals surface area contributed by atoms with Gasteiger partial charge in [0.1, 0.15) is 5.60 Å². The maximum Gasteiger partial charge on any atom is 0.308 e. The van der Waals surface area contributed by atoms with E-state index in [4.69, 9.17) is 4.74 Å². The number of carboxylic acids is 1. The summed E-state index contributed by atoms with van der Waals surface area (Å²) >= 11 is 0. The van der Waals surface area contributed by atoms with Crippen LogP contribution in [0, 0.1) is 5.92 Å². The van der Waals surface area contributed by atoms with Crippen LogP contribution in [0.1, 0.15) is 39.5 Å². The van der Waals surface area contributed by atoms with E-state index < -0.39 is 17.5 Å². The van der Waals surface area contributed by atoms with E-state index in [0.29, 0.717) is 12.8 Å². The number of hydrogen-bond acceptors (Lipinski definition) is 3. The molecular formula is C13H21NO4. The van der Waals surface area contributed by atoms with Gasteiger partial charge in [-0.15, -0.1) is 0 Å². The molecule has 0 radical (unpaired) electrons. The molecule has 5 heteroatoms. The summed E-state index contributed by atoms with van der Waals surface area (Å²) in [5, 5.41) is 9.18. The third kappa shape index (κ3) is 1.81. The molecule has 0 spiro atoms. The maximum atomic E-state index is 12.6. The highest BCUT2D eigenvalue weighted by molar-refractivity contribution is 5.87. The number of aliphatic carboxylic acids is 1. The molecule has 2 saturated heterocycles. The van der Waals surface area contributed by atoms with Crippen molar-refractivity contribution in [3.63, 3.8) is 0 Å². The fraction of sp³-hybridized carbons (Fsp3) is 0.846. The Morgan fingerprint density at radius 3 is 2.56 bits per heavy atom. The van der Waals surface area contributed by atoms with Gasteiger partial charge in [0.2, 0.25) is 0 Å². The molecule has 2 bridgehead atoms. The van der Waals surface area contributed by atoms with E-state index in [1.807, 2.05) is 6.92 Å². The molecule has 18 heavy (non-hydrogen) atoms. The van der Waals surface area contributed by atoms with E-state index in [2.05, 4.69) is 0 Å². The Bertz CT molecular complexity index is 364. The minimum Gasteiger partial charge on any atom is -0.481 e. The van der Waals surface area contributed by atoms with Crippen LogP contribution in [-0.4, -0.2) is 46.7 Å². The first-order chi connectivity index (χ1) is 8.44. The summed E-state index contributed by atoms with van der Waals surface area (Å²) in [5.74, 6) is -1.23. The Labute approximate surface area is 107 Å². The number of amides is 1. The van der Waals surface area contributed by atoms with Crippen molar-refractivity contribution in [2.24, 2.45) is 5.92 Å². The van der Waals surface area contributed by atoms with Crippen molar-refractivity contribution in [3.8, 4) is 0 Å². The van der Waals surface area contributed by atoms with Gasteiger partial charge in [-0.3, -0.25) is 9.59 Å². The van der Waals surface area contributed by atoms with Crippen LogP contribution < -0.4 is 0 Å². The van der Waals surface area contributed by atoms with Gasteiger partial charge >= 0.3 is 5.97 Å². The van der Waals surface area contributed by atoms with E-state index >= 15 is 0 Å². The van der Waals surface area contributed by atoms with Gasteiger partial charge in [-0.1, -0.05) is 6.92 Å². The zero-order valence-electron chi connectivity index (χ0n) is 11.2. The molecular weight excluding hydrogens is 234 g/mol. The highest BCUT2D eigenvalue weighted by Crippen LogP contribution is 2.43. The van der Waals surface area contributed by atoms with Crippen LogP contribution in [0.15, 0.2) is 0 Å². The molecule has 0 saturated carbocycles. The molecule has 0 aliphatic carbocycles. The predicted octanol–water partition coefficient (Wildman–Crippen LogP) is 1.27. The van der Waals surface area contributed by atoms with Crippen LogP contribution in [0.25, 0.3) is 0 Å². The normalized spacial score (nSPS) is 33.5. The van der Waals surface area contributed by atoms with E-state index in [1.54, 1.807) is 11.8 Å². The topological polar surface area (TPSA) is 66.8 Å². The van der Waals surface area contributed by atoms with Crippen molar-refractivity contribution in [2.45, 2.75) is 57.2 Å². The van der Waals surface area contributed by atoms with E-state index in [1.165, 1.54) is 7.11 Å². The number of carbonyl (C=O) groups excluding carboxylic acids is 1. The highest BCUT2D eigenvalue weighted by atomic mass is 16.5. The Balaban J connectivity index is 2.20. The molecule has 0 aromatic carbocycles. The largest absolute Gasteiger partial charge is 0.481 e. The summed E-state index contributed by atoms with van der Waals surface area (Å²) < 4.78 is 5.34. The second kappa shape index (κ2) is 4.53. The van der Waals surface area contributed by atoms with Crippen LogP contribution in [0.5, 0.6) is 0 Å². The van der Waals surface area contributed by atoms with Crippen molar-refractivity contribution >= 4 is 11.9 Å². The molecule has 2 heterocycles. The molecule has 4 atom stereocenters. The molecule has 1 amide bonds. The van der Waals surface area contributed by atoms with Crippen molar-refractivity contribution in [3.05, 3.63) is 0 Å². The van der Waals surface area contributed by atoms with Gasteiger partial charge in [0.15, 0.2) is 0 Å². The Morgan fingerprint density at radius 1 is 1.44 bits per heavy atom. The first-order valence-electron chi connectivity index (χ1n) is 6.55. The molecule has 102 valence electrons. The lowest BCUT2D eigenvalue weighted by Gasteiger charge is -2.33. The number of methoxy groups -OCH3 is 1. The molecule has 2 fully saturated rings.